The highest BCUT2D eigenvalue weighted by molar-refractivity contribution is 8.00. The van der Waals surface area contributed by atoms with Crippen LogP contribution in [0.3, 0.4) is 0 Å². The van der Waals surface area contributed by atoms with Crippen LogP contribution in [0.4, 0.5) is 5.82 Å². The minimum absolute atomic E-state index is 0.122. The van der Waals surface area contributed by atoms with Gasteiger partial charge >= 0.3 is 0 Å². The minimum atomic E-state index is -0.238. The van der Waals surface area contributed by atoms with E-state index in [1.165, 1.54) is 11.8 Å². The number of hydrogen-bond donors (Lipinski definition) is 1. The maximum atomic E-state index is 12.6. The molecule has 1 aromatic carbocycles. The van der Waals surface area contributed by atoms with Crippen LogP contribution in [0, 0.1) is 20.8 Å². The molecule has 1 amide bonds. The van der Waals surface area contributed by atoms with Gasteiger partial charge in [0.15, 0.2) is 11.5 Å². The second-order valence-electron chi connectivity index (χ2n) is 7.40. The maximum absolute atomic E-state index is 12.6. The summed E-state index contributed by atoms with van der Waals surface area (Å²) >= 11 is 1.50. The molecule has 4 rings (SSSR count). The number of methoxy groups -OCH3 is 3. The van der Waals surface area contributed by atoms with Crippen molar-refractivity contribution in [3.05, 3.63) is 46.4 Å². The quantitative estimate of drug-likeness (QED) is 0.625. The number of carbonyl (C=O) groups excluding carboxylic acids is 1. The van der Waals surface area contributed by atoms with E-state index in [1.807, 2.05) is 32.9 Å². The normalized spacial score (nSPS) is 15.6. The number of amides is 1. The molecule has 0 saturated carbocycles. The number of fused-ring (bicyclic) bond motifs is 1. The van der Waals surface area contributed by atoms with Gasteiger partial charge in [0.05, 0.1) is 38.0 Å². The van der Waals surface area contributed by atoms with E-state index in [9.17, 15) is 4.79 Å². The van der Waals surface area contributed by atoms with Gasteiger partial charge in [0, 0.05) is 28.6 Å². The molecule has 1 N–H and O–H groups in total. The van der Waals surface area contributed by atoms with Crippen LogP contribution in [0.2, 0.25) is 0 Å². The zero-order valence-corrected chi connectivity index (χ0v) is 19.7. The lowest BCUT2D eigenvalue weighted by atomic mass is 10.0. The molecular weight excluding hydrogens is 430 g/mol. The number of aryl methyl sites for hydroxylation is 3. The smallest absolute Gasteiger partial charge is 0.252 e. The average molecular weight is 456 g/mol. The molecule has 1 aliphatic heterocycles. The van der Waals surface area contributed by atoms with E-state index >= 15 is 0 Å². The fraction of sp³-hybridized carbons (Fsp3) is 0.364. The molecule has 0 bridgehead atoms. The Morgan fingerprint density at radius 2 is 1.59 bits per heavy atom. The van der Waals surface area contributed by atoms with Gasteiger partial charge < -0.3 is 19.5 Å². The molecule has 0 fully saturated rings. The van der Waals surface area contributed by atoms with Crippen molar-refractivity contribution in [3.8, 4) is 23.2 Å². The van der Waals surface area contributed by atoms with Crippen molar-refractivity contribution in [2.45, 2.75) is 26.0 Å². The molecule has 32 heavy (non-hydrogen) atoms. The summed E-state index contributed by atoms with van der Waals surface area (Å²) in [5.41, 5.74) is 4.13. The zero-order chi connectivity index (χ0) is 23.0. The number of aromatic nitrogens is 4. The molecule has 0 saturated heterocycles. The summed E-state index contributed by atoms with van der Waals surface area (Å²) in [6.45, 7) is 5.72. The molecule has 3 aromatic rings. The molecule has 0 aliphatic carbocycles. The van der Waals surface area contributed by atoms with Gasteiger partial charge in [-0.1, -0.05) is 0 Å². The Labute approximate surface area is 190 Å². The Morgan fingerprint density at radius 3 is 2.22 bits per heavy atom. The highest BCUT2D eigenvalue weighted by atomic mass is 32.2. The fourth-order valence-electron chi connectivity index (χ4n) is 3.83. The van der Waals surface area contributed by atoms with Crippen molar-refractivity contribution in [3.63, 3.8) is 0 Å². The van der Waals surface area contributed by atoms with Crippen molar-refractivity contribution in [2.24, 2.45) is 0 Å². The van der Waals surface area contributed by atoms with Gasteiger partial charge in [0.2, 0.25) is 5.91 Å². The van der Waals surface area contributed by atoms with E-state index in [1.54, 1.807) is 32.1 Å². The summed E-state index contributed by atoms with van der Waals surface area (Å²) in [7, 11) is 4.78. The van der Waals surface area contributed by atoms with Crippen LogP contribution < -0.4 is 19.5 Å². The molecule has 1 atom stereocenters. The SMILES string of the molecule is COc1cc(OC)c([C@@H]2SCC(=O)Nc3c2c(C)nn3-c2nc(C)cc(C)n2)cc1OC. The zero-order valence-electron chi connectivity index (χ0n) is 18.8. The summed E-state index contributed by atoms with van der Waals surface area (Å²) in [4.78, 5) is 21.7. The lowest BCUT2D eigenvalue weighted by Gasteiger charge is -2.20. The molecule has 0 radical (unpaired) electrons. The highest BCUT2D eigenvalue weighted by Crippen LogP contribution is 2.49. The molecule has 1 aliphatic rings. The van der Waals surface area contributed by atoms with Crippen LogP contribution in [0.5, 0.6) is 17.2 Å². The number of rotatable bonds is 5. The van der Waals surface area contributed by atoms with Gasteiger partial charge in [-0.2, -0.15) is 9.78 Å². The lowest BCUT2D eigenvalue weighted by Crippen LogP contribution is -2.17. The van der Waals surface area contributed by atoms with Crippen LogP contribution >= 0.6 is 11.8 Å². The van der Waals surface area contributed by atoms with Crippen molar-refractivity contribution >= 4 is 23.5 Å². The first-order valence-electron chi connectivity index (χ1n) is 9.99. The molecule has 0 unspecified atom stereocenters. The monoisotopic (exact) mass is 455 g/mol. The van der Waals surface area contributed by atoms with Crippen LogP contribution in [-0.4, -0.2) is 52.7 Å². The topological polar surface area (TPSA) is 100 Å². The Bertz CT molecular complexity index is 1170. The van der Waals surface area contributed by atoms with Crippen molar-refractivity contribution in [1.82, 2.24) is 19.7 Å². The first kappa shape index (κ1) is 21.9. The lowest BCUT2D eigenvalue weighted by molar-refractivity contribution is -0.113. The third-order valence-electron chi connectivity index (χ3n) is 5.19. The van der Waals surface area contributed by atoms with E-state index in [4.69, 9.17) is 19.3 Å². The van der Waals surface area contributed by atoms with Crippen LogP contribution in [0.25, 0.3) is 5.95 Å². The molecule has 10 heteroatoms. The predicted molar refractivity (Wildman–Crippen MR) is 122 cm³/mol. The third kappa shape index (κ3) is 3.86. The van der Waals surface area contributed by atoms with Crippen molar-refractivity contribution in [1.29, 1.82) is 0 Å². The van der Waals surface area contributed by atoms with Crippen molar-refractivity contribution < 1.29 is 19.0 Å². The van der Waals surface area contributed by atoms with Gasteiger partial charge in [-0.15, -0.1) is 11.8 Å². The van der Waals surface area contributed by atoms with Gasteiger partial charge in [-0.3, -0.25) is 4.79 Å². The summed E-state index contributed by atoms with van der Waals surface area (Å²) in [6, 6.07) is 5.57. The number of carbonyl (C=O) groups is 1. The predicted octanol–water partition coefficient (Wildman–Crippen LogP) is 3.39. The van der Waals surface area contributed by atoms with E-state index in [-0.39, 0.29) is 16.9 Å². The number of benzene rings is 1. The molecule has 9 nitrogen and oxygen atoms in total. The highest BCUT2D eigenvalue weighted by Gasteiger charge is 2.33. The molecule has 168 valence electrons. The van der Waals surface area contributed by atoms with Crippen LogP contribution in [0.15, 0.2) is 18.2 Å². The Kier molecular flexibility index (Phi) is 5.96. The van der Waals surface area contributed by atoms with E-state index in [0.717, 1.165) is 28.2 Å². The minimum Gasteiger partial charge on any atom is -0.496 e. The van der Waals surface area contributed by atoms with Crippen LogP contribution in [0.1, 0.15) is 33.5 Å². The number of nitrogens with zero attached hydrogens (tertiary/aromatic N) is 4. The molecular formula is C22H25N5O4S. The third-order valence-corrected chi connectivity index (χ3v) is 6.44. The van der Waals surface area contributed by atoms with Gasteiger partial charge in [-0.05, 0) is 32.9 Å². The van der Waals surface area contributed by atoms with E-state index in [0.29, 0.717) is 29.0 Å². The Morgan fingerprint density at radius 1 is 0.969 bits per heavy atom. The summed E-state index contributed by atoms with van der Waals surface area (Å²) < 4.78 is 18.2. The number of nitrogens with one attached hydrogen (secondary N) is 1. The second-order valence-corrected chi connectivity index (χ2v) is 8.49. The number of ether oxygens (including phenoxy) is 3. The van der Waals surface area contributed by atoms with E-state index in [2.05, 4.69) is 15.3 Å². The molecule has 0 spiro atoms. The summed E-state index contributed by atoms with van der Waals surface area (Å²) in [5.74, 6) is 2.90. The average Bonchev–Trinajstić information content (AvgIpc) is 2.97. The molecule has 3 heterocycles. The Hall–Kier alpha value is -3.27. The summed E-state index contributed by atoms with van der Waals surface area (Å²) in [6.07, 6.45) is 0. The summed E-state index contributed by atoms with van der Waals surface area (Å²) in [5, 5.41) is 7.46. The second kappa shape index (κ2) is 8.70. The maximum Gasteiger partial charge on any atom is 0.252 e. The van der Waals surface area contributed by atoms with Gasteiger partial charge in [-0.25, -0.2) is 9.97 Å². The standard InChI is InChI=1S/C22H25N5O4S/c1-11-7-12(2)24-22(23-11)27-21-19(13(3)26-27)20(32-10-18(28)25-21)14-8-16(30-5)17(31-6)9-15(14)29-4/h7-9,20H,10H2,1-6H3,(H,25,28)/t20-/m0/s1. The Balaban J connectivity index is 1.94. The van der Waals surface area contributed by atoms with Gasteiger partial charge in [0.25, 0.3) is 5.95 Å². The van der Waals surface area contributed by atoms with Crippen molar-refractivity contribution in [2.75, 3.05) is 32.4 Å². The van der Waals surface area contributed by atoms with Gasteiger partial charge in [0.1, 0.15) is 11.6 Å². The van der Waals surface area contributed by atoms with E-state index < -0.39 is 0 Å². The largest absolute Gasteiger partial charge is 0.496 e. The first-order chi connectivity index (χ1) is 15.4. The first-order valence-corrected chi connectivity index (χ1v) is 11.0. The number of hydrogen-bond acceptors (Lipinski definition) is 8. The fourth-order valence-corrected chi connectivity index (χ4v) is 5.04. The van der Waals surface area contributed by atoms with Crippen LogP contribution in [-0.2, 0) is 4.79 Å². The number of thioether (sulfide) groups is 1. The molecule has 2 aromatic heterocycles. The number of anilines is 1.